The first kappa shape index (κ1) is 17.7. The molecule has 0 saturated heterocycles. The Bertz CT molecular complexity index is 438. The van der Waals surface area contributed by atoms with Gasteiger partial charge in [0.25, 0.3) is 0 Å². The van der Waals surface area contributed by atoms with Gasteiger partial charge >= 0.3 is 0 Å². The Morgan fingerprint density at radius 2 is 1.50 bits per heavy atom. The molecule has 4 aliphatic carbocycles. The summed E-state index contributed by atoms with van der Waals surface area (Å²) in [5.74, 6) is 2.33. The van der Waals surface area contributed by atoms with E-state index in [0.29, 0.717) is 6.54 Å². The van der Waals surface area contributed by atoms with Crippen molar-refractivity contribution < 1.29 is 9.59 Å². The molecule has 0 radical (unpaired) electrons. The molecule has 4 rings (SSSR count). The lowest BCUT2D eigenvalue weighted by molar-refractivity contribution is -0.147. The summed E-state index contributed by atoms with van der Waals surface area (Å²) in [5.41, 5.74) is -0.156. The fourth-order valence-corrected chi connectivity index (χ4v) is 5.69. The highest BCUT2D eigenvalue weighted by molar-refractivity contribution is 5.88. The van der Waals surface area contributed by atoms with Gasteiger partial charge in [0.05, 0.1) is 6.54 Å². The molecule has 4 fully saturated rings. The number of hydrogen-bond donors (Lipinski definition) is 2. The van der Waals surface area contributed by atoms with Gasteiger partial charge in [-0.25, -0.2) is 0 Å². The van der Waals surface area contributed by atoms with Gasteiger partial charge in [-0.15, -0.1) is 0 Å². The van der Waals surface area contributed by atoms with Gasteiger partial charge in [-0.2, -0.15) is 0 Å². The molecule has 4 saturated carbocycles. The molecule has 0 atom stereocenters. The summed E-state index contributed by atoms with van der Waals surface area (Å²) in [6, 6.07) is 0. The SMILES string of the molecule is CCN(CC)CCNC(=O)CNC(=O)C12CC3CC(CC(C3)C1)C2. The minimum atomic E-state index is -0.156. The van der Waals surface area contributed by atoms with Crippen molar-refractivity contribution in [1.29, 1.82) is 0 Å². The molecular weight excluding hydrogens is 302 g/mol. The van der Waals surface area contributed by atoms with Gasteiger partial charge in [0.2, 0.25) is 11.8 Å². The van der Waals surface area contributed by atoms with Crippen molar-refractivity contribution in [3.05, 3.63) is 0 Å². The third kappa shape index (κ3) is 3.76. The van der Waals surface area contributed by atoms with Crippen LogP contribution in [0.4, 0.5) is 0 Å². The minimum absolute atomic E-state index is 0.0692. The molecule has 0 aromatic rings. The van der Waals surface area contributed by atoms with Gasteiger partial charge in [-0.3, -0.25) is 9.59 Å². The number of amides is 2. The third-order valence-corrected chi connectivity index (χ3v) is 6.57. The fraction of sp³-hybridized carbons (Fsp3) is 0.895. The second-order valence-electron chi connectivity index (χ2n) is 8.26. The number of nitrogens with zero attached hydrogens (tertiary/aromatic N) is 1. The largest absolute Gasteiger partial charge is 0.353 e. The van der Waals surface area contributed by atoms with Crippen LogP contribution in [-0.2, 0) is 9.59 Å². The van der Waals surface area contributed by atoms with Crippen LogP contribution < -0.4 is 10.6 Å². The van der Waals surface area contributed by atoms with E-state index in [9.17, 15) is 9.59 Å². The van der Waals surface area contributed by atoms with Crippen LogP contribution in [0.3, 0.4) is 0 Å². The second-order valence-corrected chi connectivity index (χ2v) is 8.26. The monoisotopic (exact) mass is 335 g/mol. The van der Waals surface area contributed by atoms with Crippen LogP contribution in [0.15, 0.2) is 0 Å². The summed E-state index contributed by atoms with van der Waals surface area (Å²) in [5, 5.41) is 5.86. The molecule has 136 valence electrons. The first-order valence-corrected chi connectivity index (χ1v) is 9.82. The van der Waals surface area contributed by atoms with Crippen molar-refractivity contribution in [2.75, 3.05) is 32.7 Å². The van der Waals surface area contributed by atoms with Crippen molar-refractivity contribution in [3.63, 3.8) is 0 Å². The highest BCUT2D eigenvalue weighted by atomic mass is 16.2. The predicted molar refractivity (Wildman–Crippen MR) is 94.4 cm³/mol. The molecule has 4 bridgehead atoms. The summed E-state index contributed by atoms with van der Waals surface area (Å²) in [6.45, 7) is 7.87. The molecule has 0 aromatic carbocycles. The van der Waals surface area contributed by atoms with Gasteiger partial charge in [-0.05, 0) is 69.4 Å². The standard InChI is InChI=1S/C19H33N3O2/c1-3-22(4-2)6-5-20-17(23)13-21-18(24)19-10-14-7-15(11-19)9-16(8-14)12-19/h14-16H,3-13H2,1-2H3,(H,20,23)(H,21,24). The number of hydrogen-bond acceptors (Lipinski definition) is 3. The molecule has 4 aliphatic rings. The quantitative estimate of drug-likeness (QED) is 0.711. The minimum Gasteiger partial charge on any atom is -0.353 e. The van der Waals surface area contributed by atoms with Crippen molar-refractivity contribution in [3.8, 4) is 0 Å². The van der Waals surface area contributed by atoms with Crippen LogP contribution >= 0.6 is 0 Å². The number of nitrogens with one attached hydrogen (secondary N) is 2. The topological polar surface area (TPSA) is 61.4 Å². The normalized spacial score (nSPS) is 33.7. The highest BCUT2D eigenvalue weighted by Crippen LogP contribution is 2.60. The van der Waals surface area contributed by atoms with Crippen LogP contribution in [-0.4, -0.2) is 49.4 Å². The predicted octanol–water partition coefficient (Wildman–Crippen LogP) is 1.78. The lowest BCUT2D eigenvalue weighted by Gasteiger charge is -2.55. The van der Waals surface area contributed by atoms with E-state index in [1.807, 2.05) is 0 Å². The molecular formula is C19H33N3O2. The Morgan fingerprint density at radius 3 is 2.00 bits per heavy atom. The molecule has 0 unspecified atom stereocenters. The van der Waals surface area contributed by atoms with E-state index in [2.05, 4.69) is 29.4 Å². The average Bonchev–Trinajstić information content (AvgIpc) is 2.55. The molecule has 5 nitrogen and oxygen atoms in total. The van der Waals surface area contributed by atoms with Crippen molar-refractivity contribution in [1.82, 2.24) is 15.5 Å². The van der Waals surface area contributed by atoms with Gasteiger partial charge in [-0.1, -0.05) is 13.8 Å². The van der Waals surface area contributed by atoms with Gasteiger partial charge in [0, 0.05) is 18.5 Å². The fourth-order valence-electron chi connectivity index (χ4n) is 5.69. The summed E-state index contributed by atoms with van der Waals surface area (Å²) < 4.78 is 0. The van der Waals surface area contributed by atoms with Crippen LogP contribution in [0.25, 0.3) is 0 Å². The second kappa shape index (κ2) is 7.42. The summed E-state index contributed by atoms with van der Waals surface area (Å²) >= 11 is 0. The van der Waals surface area contributed by atoms with E-state index >= 15 is 0 Å². The molecule has 0 heterocycles. The zero-order valence-electron chi connectivity index (χ0n) is 15.3. The molecule has 0 spiro atoms. The maximum Gasteiger partial charge on any atom is 0.239 e. The summed E-state index contributed by atoms with van der Waals surface area (Å²) in [7, 11) is 0. The zero-order valence-corrected chi connectivity index (χ0v) is 15.3. The Balaban J connectivity index is 1.42. The summed E-state index contributed by atoms with van der Waals surface area (Å²) in [6.07, 6.45) is 7.15. The smallest absolute Gasteiger partial charge is 0.239 e. The van der Waals surface area contributed by atoms with Crippen LogP contribution in [0.2, 0.25) is 0 Å². The van der Waals surface area contributed by atoms with Crippen molar-refractivity contribution >= 4 is 11.8 Å². The summed E-state index contributed by atoms with van der Waals surface area (Å²) in [4.78, 5) is 27.0. The molecule has 0 aromatic heterocycles. The highest BCUT2D eigenvalue weighted by Gasteiger charge is 2.54. The Labute approximate surface area is 145 Å². The molecule has 24 heavy (non-hydrogen) atoms. The van der Waals surface area contributed by atoms with E-state index in [0.717, 1.165) is 56.7 Å². The van der Waals surface area contributed by atoms with Gasteiger partial charge < -0.3 is 15.5 Å². The van der Waals surface area contributed by atoms with Gasteiger partial charge in [0.1, 0.15) is 0 Å². The number of rotatable bonds is 8. The first-order valence-electron chi connectivity index (χ1n) is 9.82. The van der Waals surface area contributed by atoms with E-state index in [1.165, 1.54) is 19.3 Å². The average molecular weight is 335 g/mol. The van der Waals surface area contributed by atoms with E-state index < -0.39 is 0 Å². The van der Waals surface area contributed by atoms with E-state index in [-0.39, 0.29) is 23.8 Å². The zero-order chi connectivity index (χ0) is 17.2. The number of carbonyl (C=O) groups excluding carboxylic acids is 2. The maximum absolute atomic E-state index is 12.8. The van der Waals surface area contributed by atoms with Crippen LogP contribution in [0, 0.1) is 23.2 Å². The van der Waals surface area contributed by atoms with E-state index in [1.54, 1.807) is 0 Å². The number of carbonyl (C=O) groups is 2. The van der Waals surface area contributed by atoms with Crippen LogP contribution in [0.5, 0.6) is 0 Å². The van der Waals surface area contributed by atoms with Crippen LogP contribution in [0.1, 0.15) is 52.4 Å². The third-order valence-electron chi connectivity index (χ3n) is 6.57. The first-order chi connectivity index (χ1) is 11.5. The number of likely N-dealkylation sites (N-methyl/N-ethyl adjacent to an activating group) is 1. The van der Waals surface area contributed by atoms with Crippen molar-refractivity contribution in [2.45, 2.75) is 52.4 Å². The van der Waals surface area contributed by atoms with Crippen molar-refractivity contribution in [2.24, 2.45) is 23.2 Å². The molecule has 5 heteroatoms. The lowest BCUT2D eigenvalue weighted by atomic mass is 9.49. The molecule has 2 N–H and O–H groups in total. The van der Waals surface area contributed by atoms with Gasteiger partial charge in [0.15, 0.2) is 0 Å². The molecule has 0 aliphatic heterocycles. The Hall–Kier alpha value is -1.10. The maximum atomic E-state index is 12.8. The molecule has 2 amide bonds. The Morgan fingerprint density at radius 1 is 0.958 bits per heavy atom. The van der Waals surface area contributed by atoms with E-state index in [4.69, 9.17) is 0 Å². The Kier molecular flexibility index (Phi) is 5.48. The lowest BCUT2D eigenvalue weighted by Crippen LogP contribution is -2.54.